The fraction of sp³-hybridized carbons (Fsp3) is 0.267. The molecular formula is C30H29N3O3S. The molecule has 37 heavy (non-hydrogen) atoms. The second kappa shape index (κ2) is 9.90. The number of thiophene rings is 1. The molecule has 4 aromatic rings. The number of amides is 2. The van der Waals surface area contributed by atoms with Gasteiger partial charge < -0.3 is 19.5 Å². The average molecular weight is 512 g/mol. The number of anilines is 1. The number of benzene rings is 2. The molecular weight excluding hydrogens is 482 g/mol. The molecule has 188 valence electrons. The minimum absolute atomic E-state index is 0.248. The number of aromatic nitrogens is 1. The summed E-state index contributed by atoms with van der Waals surface area (Å²) in [4.78, 5) is 30.1. The molecule has 2 aromatic carbocycles. The van der Waals surface area contributed by atoms with Gasteiger partial charge in [0.1, 0.15) is 5.00 Å². The first-order valence-electron chi connectivity index (χ1n) is 12.9. The first-order chi connectivity index (χ1) is 18.2. The van der Waals surface area contributed by atoms with Crippen molar-refractivity contribution in [3.05, 3.63) is 106 Å². The van der Waals surface area contributed by atoms with Crippen LogP contribution in [-0.4, -0.2) is 28.1 Å². The van der Waals surface area contributed by atoms with Crippen molar-refractivity contribution in [2.45, 2.75) is 45.2 Å². The highest BCUT2D eigenvalue weighted by Crippen LogP contribution is 2.44. The molecule has 7 heteroatoms. The van der Waals surface area contributed by atoms with E-state index in [2.05, 4.69) is 40.3 Å². The molecule has 6 rings (SSSR count). The van der Waals surface area contributed by atoms with E-state index in [-0.39, 0.29) is 18.7 Å². The van der Waals surface area contributed by atoms with Gasteiger partial charge >= 0.3 is 12.0 Å². The zero-order valence-corrected chi connectivity index (χ0v) is 21.6. The Balaban J connectivity index is 1.46. The van der Waals surface area contributed by atoms with E-state index in [1.54, 1.807) is 25.1 Å². The maximum Gasteiger partial charge on any atom is 0.340 e. The van der Waals surface area contributed by atoms with Crippen molar-refractivity contribution in [3.63, 3.8) is 0 Å². The van der Waals surface area contributed by atoms with Crippen molar-refractivity contribution in [3.8, 4) is 5.00 Å². The number of hydrogen-bond acceptors (Lipinski definition) is 4. The molecule has 0 bridgehead atoms. The Morgan fingerprint density at radius 3 is 2.59 bits per heavy atom. The number of ether oxygens (including phenoxy) is 1. The predicted octanol–water partition coefficient (Wildman–Crippen LogP) is 6.73. The summed E-state index contributed by atoms with van der Waals surface area (Å²) >= 11 is 1.87. The van der Waals surface area contributed by atoms with E-state index < -0.39 is 5.97 Å². The summed E-state index contributed by atoms with van der Waals surface area (Å²) in [5.74, 6) is -0.447. The quantitative estimate of drug-likeness (QED) is 0.309. The molecule has 0 saturated carbocycles. The highest BCUT2D eigenvalue weighted by Gasteiger charge is 2.36. The molecule has 1 atom stereocenters. The molecule has 0 fully saturated rings. The van der Waals surface area contributed by atoms with Crippen LogP contribution in [0.1, 0.15) is 63.4 Å². The van der Waals surface area contributed by atoms with Crippen LogP contribution in [-0.2, 0) is 24.1 Å². The Labute approximate surface area is 220 Å². The van der Waals surface area contributed by atoms with Gasteiger partial charge in [0.05, 0.1) is 36.1 Å². The maximum atomic E-state index is 14.1. The lowest BCUT2D eigenvalue weighted by molar-refractivity contribution is 0.0527. The zero-order chi connectivity index (χ0) is 25.4. The second-order valence-electron chi connectivity index (χ2n) is 9.43. The van der Waals surface area contributed by atoms with Gasteiger partial charge in [-0.15, -0.1) is 11.3 Å². The Hall–Kier alpha value is -3.84. The summed E-state index contributed by atoms with van der Waals surface area (Å²) in [5.41, 5.74) is 5.54. The zero-order valence-electron chi connectivity index (χ0n) is 20.8. The number of rotatable bonds is 4. The molecule has 1 N–H and O–H groups in total. The van der Waals surface area contributed by atoms with Gasteiger partial charge in [0, 0.05) is 16.6 Å². The van der Waals surface area contributed by atoms with Gasteiger partial charge in [-0.05, 0) is 68.0 Å². The fourth-order valence-corrected chi connectivity index (χ4v) is 6.94. The SMILES string of the molecule is CCOC(=O)c1ccccc1NC(=O)N1Cc2c(sc3c2CCCC3)-n2cccc2[C@@H]1c1ccccc1. The van der Waals surface area contributed by atoms with Gasteiger partial charge in [-0.2, -0.15) is 0 Å². The Morgan fingerprint density at radius 2 is 1.76 bits per heavy atom. The molecule has 0 radical (unpaired) electrons. The van der Waals surface area contributed by atoms with Crippen LogP contribution < -0.4 is 5.32 Å². The Bertz CT molecular complexity index is 1460. The largest absolute Gasteiger partial charge is 0.462 e. The number of aryl methyl sites for hydroxylation is 1. The summed E-state index contributed by atoms with van der Waals surface area (Å²) in [6.45, 7) is 2.54. The topological polar surface area (TPSA) is 63.6 Å². The van der Waals surface area contributed by atoms with E-state index >= 15 is 0 Å². The smallest absolute Gasteiger partial charge is 0.340 e. The molecule has 6 nitrogen and oxygen atoms in total. The standard InChI is InChI=1S/C30H29N3O3S/c1-2-36-29(34)22-14-6-8-15-24(22)31-30(35)33-19-23-21-13-7-9-17-26(21)37-28(23)32-18-10-16-25(32)27(33)20-11-4-3-5-12-20/h3-6,8,10-12,14-16,18,27H,2,7,9,13,17,19H2,1H3,(H,31,35)/t27-/m0/s1. The average Bonchev–Trinajstić information content (AvgIpc) is 3.51. The molecule has 3 heterocycles. The molecule has 2 amide bonds. The lowest BCUT2D eigenvalue weighted by atomic mass is 9.95. The van der Waals surface area contributed by atoms with Gasteiger partial charge in [-0.25, -0.2) is 9.59 Å². The third-order valence-corrected chi connectivity index (χ3v) is 8.55. The normalized spacial score (nSPS) is 16.2. The minimum atomic E-state index is -0.447. The van der Waals surface area contributed by atoms with E-state index in [4.69, 9.17) is 4.74 Å². The number of nitrogens with one attached hydrogen (secondary N) is 1. The van der Waals surface area contributed by atoms with Crippen LogP contribution in [0.3, 0.4) is 0 Å². The maximum absolute atomic E-state index is 14.1. The minimum Gasteiger partial charge on any atom is -0.462 e. The van der Waals surface area contributed by atoms with Gasteiger partial charge in [-0.1, -0.05) is 42.5 Å². The van der Waals surface area contributed by atoms with Crippen LogP contribution in [0.25, 0.3) is 5.00 Å². The van der Waals surface area contributed by atoms with Crippen molar-refractivity contribution in [1.29, 1.82) is 0 Å². The Kier molecular flexibility index (Phi) is 6.30. The van der Waals surface area contributed by atoms with Gasteiger partial charge in [0.15, 0.2) is 0 Å². The number of nitrogens with zero attached hydrogens (tertiary/aromatic N) is 2. The van der Waals surface area contributed by atoms with E-state index in [0.717, 1.165) is 24.1 Å². The first kappa shape index (κ1) is 23.6. The lowest BCUT2D eigenvalue weighted by Crippen LogP contribution is -2.38. The first-order valence-corrected chi connectivity index (χ1v) is 13.7. The van der Waals surface area contributed by atoms with Gasteiger partial charge in [0.25, 0.3) is 0 Å². The van der Waals surface area contributed by atoms with Gasteiger partial charge in [-0.3, -0.25) is 0 Å². The van der Waals surface area contributed by atoms with Crippen LogP contribution in [0.5, 0.6) is 0 Å². The molecule has 2 aromatic heterocycles. The van der Waals surface area contributed by atoms with Crippen LogP contribution in [0.4, 0.5) is 10.5 Å². The molecule has 0 saturated heterocycles. The van der Waals surface area contributed by atoms with Crippen LogP contribution >= 0.6 is 11.3 Å². The summed E-state index contributed by atoms with van der Waals surface area (Å²) in [6.07, 6.45) is 6.66. The fourth-order valence-electron chi connectivity index (χ4n) is 5.54. The number of urea groups is 1. The number of para-hydroxylation sites is 1. The van der Waals surface area contributed by atoms with Gasteiger partial charge in [0.2, 0.25) is 0 Å². The number of hydrogen-bond donors (Lipinski definition) is 1. The number of carbonyl (C=O) groups excluding carboxylic acids is 2. The molecule has 2 aliphatic rings. The van der Waals surface area contributed by atoms with E-state index in [1.807, 2.05) is 40.5 Å². The summed E-state index contributed by atoms with van der Waals surface area (Å²) < 4.78 is 7.51. The number of carbonyl (C=O) groups is 2. The highest BCUT2D eigenvalue weighted by molar-refractivity contribution is 7.15. The molecule has 1 aliphatic heterocycles. The van der Waals surface area contributed by atoms with Crippen LogP contribution in [0, 0.1) is 0 Å². The molecule has 0 unspecified atom stereocenters. The van der Waals surface area contributed by atoms with E-state index in [9.17, 15) is 9.59 Å². The van der Waals surface area contributed by atoms with Crippen LogP contribution in [0.15, 0.2) is 72.9 Å². The predicted molar refractivity (Wildman–Crippen MR) is 146 cm³/mol. The monoisotopic (exact) mass is 511 g/mol. The number of esters is 1. The lowest BCUT2D eigenvalue weighted by Gasteiger charge is -2.31. The van der Waals surface area contributed by atoms with E-state index in [1.165, 1.54) is 33.8 Å². The Morgan fingerprint density at radius 1 is 0.973 bits per heavy atom. The van der Waals surface area contributed by atoms with Crippen molar-refractivity contribution in [2.24, 2.45) is 0 Å². The van der Waals surface area contributed by atoms with Crippen molar-refractivity contribution >= 4 is 29.0 Å². The summed E-state index contributed by atoms with van der Waals surface area (Å²) in [5, 5.41) is 4.27. The van der Waals surface area contributed by atoms with Crippen LogP contribution in [0.2, 0.25) is 0 Å². The number of fused-ring (bicyclic) bond motifs is 5. The summed E-state index contributed by atoms with van der Waals surface area (Å²) in [6, 6.07) is 20.8. The second-order valence-corrected chi connectivity index (χ2v) is 10.5. The van der Waals surface area contributed by atoms with Crippen molar-refractivity contribution in [2.75, 3.05) is 11.9 Å². The van der Waals surface area contributed by atoms with E-state index in [0.29, 0.717) is 17.8 Å². The third kappa shape index (κ3) is 4.23. The highest BCUT2D eigenvalue weighted by atomic mass is 32.1. The van der Waals surface area contributed by atoms with Crippen molar-refractivity contribution < 1.29 is 14.3 Å². The molecule has 1 aliphatic carbocycles. The molecule has 0 spiro atoms. The van der Waals surface area contributed by atoms with Crippen molar-refractivity contribution in [1.82, 2.24) is 9.47 Å². The summed E-state index contributed by atoms with van der Waals surface area (Å²) in [7, 11) is 0. The third-order valence-electron chi connectivity index (χ3n) is 7.22.